The maximum absolute atomic E-state index is 10.9. The van der Waals surface area contributed by atoms with Crippen LogP contribution < -0.4 is 10.6 Å². The maximum Gasteiger partial charge on any atom is 0.221 e. The van der Waals surface area contributed by atoms with Gasteiger partial charge in [0.15, 0.2) is 0 Å². The first-order valence-corrected chi connectivity index (χ1v) is 5.81. The number of nitrogens with one attached hydrogen (secondary N) is 2. The van der Waals surface area contributed by atoms with Crippen molar-refractivity contribution in [3.8, 4) is 0 Å². The van der Waals surface area contributed by atoms with Gasteiger partial charge in [0.2, 0.25) is 5.91 Å². The normalized spacial score (nSPS) is 26.3. The minimum absolute atomic E-state index is 0.0752. The van der Waals surface area contributed by atoms with Crippen LogP contribution in [-0.2, 0) is 4.79 Å². The molecule has 0 radical (unpaired) electrons. The summed E-state index contributed by atoms with van der Waals surface area (Å²) in [6.07, 6.45) is 4.62. The standard InChI is InChI=1S/C11H22N2O2/c1-12-11(15)5-6-13-8-9-3-2-4-10(14)7-9/h9-10,13-14H,2-8H2,1H3,(H,12,15). The number of hydrogen-bond acceptors (Lipinski definition) is 3. The number of amides is 1. The van der Waals surface area contributed by atoms with Crippen molar-refractivity contribution in [1.82, 2.24) is 10.6 Å². The summed E-state index contributed by atoms with van der Waals surface area (Å²) in [4.78, 5) is 10.9. The van der Waals surface area contributed by atoms with Crippen LogP contribution in [0.15, 0.2) is 0 Å². The van der Waals surface area contributed by atoms with Gasteiger partial charge in [0.1, 0.15) is 0 Å². The van der Waals surface area contributed by atoms with Crippen LogP contribution >= 0.6 is 0 Å². The highest BCUT2D eigenvalue weighted by molar-refractivity contribution is 5.75. The Morgan fingerprint density at radius 3 is 2.93 bits per heavy atom. The fourth-order valence-corrected chi connectivity index (χ4v) is 2.08. The summed E-state index contributed by atoms with van der Waals surface area (Å²) in [5, 5.41) is 15.3. The molecule has 0 aromatic heterocycles. The Morgan fingerprint density at radius 2 is 2.27 bits per heavy atom. The van der Waals surface area contributed by atoms with Crippen LogP contribution in [0.2, 0.25) is 0 Å². The number of hydrogen-bond donors (Lipinski definition) is 3. The van der Waals surface area contributed by atoms with Gasteiger partial charge in [-0.3, -0.25) is 4.79 Å². The second-order valence-corrected chi connectivity index (χ2v) is 4.31. The van der Waals surface area contributed by atoms with Crippen LogP contribution in [0.1, 0.15) is 32.1 Å². The van der Waals surface area contributed by atoms with Crippen LogP contribution in [0.3, 0.4) is 0 Å². The Morgan fingerprint density at radius 1 is 1.47 bits per heavy atom. The average Bonchev–Trinajstić information content (AvgIpc) is 2.24. The Labute approximate surface area is 91.4 Å². The number of carbonyl (C=O) groups excluding carboxylic acids is 1. The smallest absolute Gasteiger partial charge is 0.221 e. The van der Waals surface area contributed by atoms with E-state index in [1.807, 2.05) is 0 Å². The average molecular weight is 214 g/mol. The monoisotopic (exact) mass is 214 g/mol. The molecule has 2 unspecified atom stereocenters. The molecule has 4 nitrogen and oxygen atoms in total. The minimum atomic E-state index is -0.107. The summed E-state index contributed by atoms with van der Waals surface area (Å²) in [6, 6.07) is 0. The third-order valence-electron chi connectivity index (χ3n) is 3.00. The molecule has 0 saturated heterocycles. The molecule has 0 aromatic rings. The number of aliphatic hydroxyl groups excluding tert-OH is 1. The number of carbonyl (C=O) groups is 1. The van der Waals surface area contributed by atoms with Gasteiger partial charge in [-0.1, -0.05) is 6.42 Å². The van der Waals surface area contributed by atoms with Crippen molar-refractivity contribution >= 4 is 5.91 Å². The lowest BCUT2D eigenvalue weighted by Crippen LogP contribution is -2.31. The van der Waals surface area contributed by atoms with Crippen LogP contribution in [0.25, 0.3) is 0 Å². The molecule has 4 heteroatoms. The molecule has 0 aromatic carbocycles. The van der Waals surface area contributed by atoms with E-state index in [0.29, 0.717) is 12.3 Å². The Hall–Kier alpha value is -0.610. The summed E-state index contributed by atoms with van der Waals surface area (Å²) in [5.41, 5.74) is 0. The predicted molar refractivity (Wildman–Crippen MR) is 59.5 cm³/mol. The quantitative estimate of drug-likeness (QED) is 0.575. The minimum Gasteiger partial charge on any atom is -0.393 e. The molecule has 1 aliphatic carbocycles. The molecule has 2 atom stereocenters. The molecule has 88 valence electrons. The van der Waals surface area contributed by atoms with Gasteiger partial charge in [0, 0.05) is 20.0 Å². The number of rotatable bonds is 5. The van der Waals surface area contributed by atoms with Crippen molar-refractivity contribution in [2.75, 3.05) is 20.1 Å². The highest BCUT2D eigenvalue weighted by atomic mass is 16.3. The molecule has 1 aliphatic rings. The van der Waals surface area contributed by atoms with Gasteiger partial charge < -0.3 is 15.7 Å². The first-order chi connectivity index (χ1) is 7.22. The van der Waals surface area contributed by atoms with E-state index in [1.54, 1.807) is 7.05 Å². The first-order valence-electron chi connectivity index (χ1n) is 5.81. The topological polar surface area (TPSA) is 61.4 Å². The van der Waals surface area contributed by atoms with Gasteiger partial charge in [-0.2, -0.15) is 0 Å². The van der Waals surface area contributed by atoms with E-state index < -0.39 is 0 Å². The fraction of sp³-hybridized carbons (Fsp3) is 0.909. The second-order valence-electron chi connectivity index (χ2n) is 4.31. The first kappa shape index (κ1) is 12.5. The molecular formula is C11H22N2O2. The Bertz CT molecular complexity index is 197. The third-order valence-corrected chi connectivity index (χ3v) is 3.00. The molecule has 15 heavy (non-hydrogen) atoms. The molecular weight excluding hydrogens is 192 g/mol. The lowest BCUT2D eigenvalue weighted by atomic mass is 9.87. The summed E-state index contributed by atoms with van der Waals surface area (Å²) in [6.45, 7) is 1.65. The highest BCUT2D eigenvalue weighted by Crippen LogP contribution is 2.23. The van der Waals surface area contributed by atoms with Crippen molar-refractivity contribution < 1.29 is 9.90 Å². The Kier molecular flexibility index (Phi) is 5.65. The fourth-order valence-electron chi connectivity index (χ4n) is 2.08. The summed E-state index contributed by atoms with van der Waals surface area (Å²) in [5.74, 6) is 0.657. The zero-order chi connectivity index (χ0) is 11.1. The third kappa shape index (κ3) is 5.14. The van der Waals surface area contributed by atoms with E-state index >= 15 is 0 Å². The molecule has 1 saturated carbocycles. The summed E-state index contributed by atoms with van der Waals surface area (Å²) in [7, 11) is 1.65. The van der Waals surface area contributed by atoms with Crippen molar-refractivity contribution in [2.45, 2.75) is 38.2 Å². The van der Waals surface area contributed by atoms with Gasteiger partial charge >= 0.3 is 0 Å². The molecule has 0 heterocycles. The van der Waals surface area contributed by atoms with Crippen molar-refractivity contribution in [2.24, 2.45) is 5.92 Å². The predicted octanol–water partition coefficient (Wildman–Crippen LogP) is 0.263. The Balaban J connectivity index is 2.02. The van der Waals surface area contributed by atoms with E-state index in [1.165, 1.54) is 6.42 Å². The van der Waals surface area contributed by atoms with E-state index in [0.717, 1.165) is 32.4 Å². The molecule has 0 spiro atoms. The van der Waals surface area contributed by atoms with Crippen LogP contribution in [0, 0.1) is 5.92 Å². The van der Waals surface area contributed by atoms with Crippen LogP contribution in [0.4, 0.5) is 0 Å². The molecule has 1 rings (SSSR count). The second kappa shape index (κ2) is 6.80. The van der Waals surface area contributed by atoms with Crippen molar-refractivity contribution in [3.63, 3.8) is 0 Å². The van der Waals surface area contributed by atoms with Gasteiger partial charge in [-0.25, -0.2) is 0 Å². The van der Waals surface area contributed by atoms with Gasteiger partial charge in [-0.15, -0.1) is 0 Å². The van der Waals surface area contributed by atoms with E-state index in [-0.39, 0.29) is 12.0 Å². The van der Waals surface area contributed by atoms with Gasteiger partial charge in [0.05, 0.1) is 6.10 Å². The van der Waals surface area contributed by atoms with Crippen molar-refractivity contribution in [1.29, 1.82) is 0 Å². The van der Waals surface area contributed by atoms with Gasteiger partial charge in [-0.05, 0) is 31.7 Å². The maximum atomic E-state index is 10.9. The SMILES string of the molecule is CNC(=O)CCNCC1CCCC(O)C1. The molecule has 0 aliphatic heterocycles. The van der Waals surface area contributed by atoms with Crippen LogP contribution in [0.5, 0.6) is 0 Å². The molecule has 3 N–H and O–H groups in total. The van der Waals surface area contributed by atoms with E-state index in [2.05, 4.69) is 10.6 Å². The lowest BCUT2D eigenvalue weighted by molar-refractivity contribution is -0.120. The lowest BCUT2D eigenvalue weighted by Gasteiger charge is -2.25. The van der Waals surface area contributed by atoms with Crippen LogP contribution in [-0.4, -0.2) is 37.3 Å². The zero-order valence-electron chi connectivity index (χ0n) is 9.46. The molecule has 1 amide bonds. The van der Waals surface area contributed by atoms with Crippen molar-refractivity contribution in [3.05, 3.63) is 0 Å². The number of aliphatic hydroxyl groups is 1. The van der Waals surface area contributed by atoms with E-state index in [9.17, 15) is 9.90 Å². The largest absolute Gasteiger partial charge is 0.393 e. The van der Waals surface area contributed by atoms with E-state index in [4.69, 9.17) is 0 Å². The zero-order valence-corrected chi connectivity index (χ0v) is 9.46. The van der Waals surface area contributed by atoms with Gasteiger partial charge in [0.25, 0.3) is 0 Å². The summed E-state index contributed by atoms with van der Waals surface area (Å²) >= 11 is 0. The molecule has 0 bridgehead atoms. The molecule has 1 fully saturated rings. The highest BCUT2D eigenvalue weighted by Gasteiger charge is 2.19. The summed E-state index contributed by atoms with van der Waals surface area (Å²) < 4.78 is 0.